The highest BCUT2D eigenvalue weighted by molar-refractivity contribution is 7.22. The van der Waals surface area contributed by atoms with E-state index in [0.29, 0.717) is 0 Å². The number of hydrogen-bond acceptors (Lipinski definition) is 6. The number of pyridine rings is 1. The normalized spacial score (nSPS) is 11.1. The quantitative estimate of drug-likeness (QED) is 0.461. The van der Waals surface area contributed by atoms with E-state index in [1.54, 1.807) is 28.9 Å². The first-order chi connectivity index (χ1) is 12.3. The van der Waals surface area contributed by atoms with Crippen molar-refractivity contribution in [1.29, 1.82) is 0 Å². The third-order valence-corrected chi connectivity index (χ3v) is 5.64. The molecule has 0 bridgehead atoms. The number of aromatic nitrogens is 3. The summed E-state index contributed by atoms with van der Waals surface area (Å²) < 4.78 is 1.22. The van der Waals surface area contributed by atoms with Crippen molar-refractivity contribution in [3.05, 3.63) is 53.7 Å². The van der Waals surface area contributed by atoms with Crippen LogP contribution in [0.15, 0.2) is 48.1 Å². The zero-order chi connectivity index (χ0) is 17.1. The van der Waals surface area contributed by atoms with E-state index < -0.39 is 0 Å². The Morgan fingerprint density at radius 1 is 1.12 bits per heavy atom. The van der Waals surface area contributed by atoms with Crippen LogP contribution in [-0.4, -0.2) is 15.0 Å². The van der Waals surface area contributed by atoms with Gasteiger partial charge in [0.25, 0.3) is 0 Å². The highest BCUT2D eigenvalue weighted by Gasteiger charge is 2.09. The fourth-order valence-corrected chi connectivity index (χ4v) is 4.34. The van der Waals surface area contributed by atoms with Gasteiger partial charge in [0.2, 0.25) is 0 Å². The van der Waals surface area contributed by atoms with Gasteiger partial charge < -0.3 is 5.32 Å². The molecule has 25 heavy (non-hydrogen) atoms. The number of benzene rings is 1. The van der Waals surface area contributed by atoms with Crippen molar-refractivity contribution < 1.29 is 0 Å². The van der Waals surface area contributed by atoms with E-state index in [-0.39, 0.29) is 0 Å². The molecule has 0 aliphatic heterocycles. The fourth-order valence-electron chi connectivity index (χ4n) is 2.63. The minimum Gasteiger partial charge on any atom is -0.307 e. The van der Waals surface area contributed by atoms with Crippen LogP contribution in [0.2, 0.25) is 0 Å². The summed E-state index contributed by atoms with van der Waals surface area (Å²) in [5.41, 5.74) is 4.38. The molecule has 4 nitrogen and oxygen atoms in total. The Labute approximate surface area is 154 Å². The van der Waals surface area contributed by atoms with E-state index in [2.05, 4.69) is 45.4 Å². The Kier molecular flexibility index (Phi) is 4.72. The van der Waals surface area contributed by atoms with Gasteiger partial charge in [0.05, 0.1) is 15.9 Å². The standard InChI is InChI=1S/C19H18N4S2/c1-2-3-5-13-7-8-15-17(10-13)25-19(21-15)23-18-22-16(12-24-18)14-6-4-9-20-11-14/h4,6-12H,2-3,5H2,1H3,(H,21,22,23). The molecule has 1 aromatic carbocycles. The van der Waals surface area contributed by atoms with Crippen LogP contribution in [0.4, 0.5) is 10.3 Å². The van der Waals surface area contributed by atoms with Crippen molar-refractivity contribution in [2.45, 2.75) is 26.2 Å². The molecule has 0 aliphatic carbocycles. The zero-order valence-electron chi connectivity index (χ0n) is 13.9. The van der Waals surface area contributed by atoms with Gasteiger partial charge in [-0.1, -0.05) is 30.7 Å². The number of hydrogen-bond donors (Lipinski definition) is 1. The molecule has 0 unspecified atom stereocenters. The molecule has 0 saturated carbocycles. The molecule has 0 fully saturated rings. The monoisotopic (exact) mass is 366 g/mol. The first kappa shape index (κ1) is 16.2. The summed E-state index contributed by atoms with van der Waals surface area (Å²) in [6, 6.07) is 10.5. The molecule has 0 spiro atoms. The maximum Gasteiger partial charge on any atom is 0.190 e. The van der Waals surface area contributed by atoms with E-state index in [0.717, 1.165) is 33.5 Å². The number of fused-ring (bicyclic) bond motifs is 1. The molecule has 4 aromatic rings. The number of thiazole rings is 2. The fraction of sp³-hybridized carbons (Fsp3) is 0.211. The van der Waals surface area contributed by atoms with Gasteiger partial charge in [-0.15, -0.1) is 11.3 Å². The largest absolute Gasteiger partial charge is 0.307 e. The second-order valence-corrected chi connectivity index (χ2v) is 7.72. The average Bonchev–Trinajstić information content (AvgIpc) is 3.27. The van der Waals surface area contributed by atoms with E-state index in [9.17, 15) is 0 Å². The summed E-state index contributed by atoms with van der Waals surface area (Å²) in [6.07, 6.45) is 7.18. The van der Waals surface area contributed by atoms with Crippen molar-refractivity contribution in [3.63, 3.8) is 0 Å². The lowest BCUT2D eigenvalue weighted by atomic mass is 10.1. The van der Waals surface area contributed by atoms with Crippen molar-refractivity contribution in [3.8, 4) is 11.3 Å². The van der Waals surface area contributed by atoms with Crippen molar-refractivity contribution in [2.24, 2.45) is 0 Å². The second-order valence-electron chi connectivity index (χ2n) is 5.83. The number of aryl methyl sites for hydroxylation is 1. The molecule has 3 aromatic heterocycles. The molecule has 0 atom stereocenters. The number of nitrogens with zero attached hydrogens (tertiary/aromatic N) is 3. The third-order valence-electron chi connectivity index (χ3n) is 3.95. The predicted octanol–water partition coefficient (Wildman–Crippen LogP) is 5.90. The topological polar surface area (TPSA) is 50.7 Å². The molecule has 0 radical (unpaired) electrons. The summed E-state index contributed by atoms with van der Waals surface area (Å²) >= 11 is 3.26. The molecule has 0 aliphatic rings. The van der Waals surface area contributed by atoms with Crippen LogP contribution in [0.3, 0.4) is 0 Å². The molecule has 1 N–H and O–H groups in total. The van der Waals surface area contributed by atoms with Gasteiger partial charge in [-0.05, 0) is 42.7 Å². The Morgan fingerprint density at radius 3 is 2.92 bits per heavy atom. The van der Waals surface area contributed by atoms with Gasteiger partial charge in [0, 0.05) is 23.3 Å². The van der Waals surface area contributed by atoms with Crippen molar-refractivity contribution in [2.75, 3.05) is 5.32 Å². The van der Waals surface area contributed by atoms with E-state index >= 15 is 0 Å². The Bertz CT molecular complexity index is 975. The van der Waals surface area contributed by atoms with Gasteiger partial charge in [-0.25, -0.2) is 9.97 Å². The number of rotatable bonds is 6. The van der Waals surface area contributed by atoms with Gasteiger partial charge in [-0.2, -0.15) is 0 Å². The Morgan fingerprint density at radius 2 is 2.08 bits per heavy atom. The molecule has 4 rings (SSSR count). The van der Waals surface area contributed by atoms with Crippen LogP contribution in [0.25, 0.3) is 21.5 Å². The van der Waals surface area contributed by atoms with Gasteiger partial charge in [0.15, 0.2) is 10.3 Å². The number of nitrogens with one attached hydrogen (secondary N) is 1. The van der Waals surface area contributed by atoms with E-state index in [1.165, 1.54) is 23.1 Å². The third kappa shape index (κ3) is 3.70. The van der Waals surface area contributed by atoms with Crippen LogP contribution in [0, 0.1) is 0 Å². The van der Waals surface area contributed by atoms with Gasteiger partial charge in [0.1, 0.15) is 0 Å². The molecule has 6 heteroatoms. The number of anilines is 2. The Balaban J connectivity index is 1.53. The summed E-state index contributed by atoms with van der Waals surface area (Å²) in [7, 11) is 0. The highest BCUT2D eigenvalue weighted by atomic mass is 32.1. The molecule has 126 valence electrons. The van der Waals surface area contributed by atoms with Gasteiger partial charge >= 0.3 is 0 Å². The first-order valence-electron chi connectivity index (χ1n) is 8.34. The lowest BCUT2D eigenvalue weighted by Gasteiger charge is -1.98. The van der Waals surface area contributed by atoms with Crippen LogP contribution < -0.4 is 5.32 Å². The first-order valence-corrected chi connectivity index (χ1v) is 10.0. The summed E-state index contributed by atoms with van der Waals surface area (Å²) in [5.74, 6) is 0. The van der Waals surface area contributed by atoms with Crippen molar-refractivity contribution >= 4 is 43.2 Å². The lowest BCUT2D eigenvalue weighted by molar-refractivity contribution is 0.796. The minimum atomic E-state index is 0.851. The molecular formula is C19H18N4S2. The van der Waals surface area contributed by atoms with Crippen LogP contribution in [-0.2, 0) is 6.42 Å². The average molecular weight is 367 g/mol. The molecular weight excluding hydrogens is 348 g/mol. The van der Waals surface area contributed by atoms with E-state index in [1.807, 2.05) is 23.7 Å². The smallest absolute Gasteiger partial charge is 0.190 e. The molecule has 0 saturated heterocycles. The van der Waals surface area contributed by atoms with Crippen LogP contribution in [0.1, 0.15) is 25.3 Å². The summed E-state index contributed by atoms with van der Waals surface area (Å²) in [6.45, 7) is 2.22. The maximum atomic E-state index is 4.67. The Hall–Kier alpha value is -2.31. The highest BCUT2D eigenvalue weighted by Crippen LogP contribution is 2.31. The zero-order valence-corrected chi connectivity index (χ0v) is 15.5. The number of unbranched alkanes of at least 4 members (excludes halogenated alkanes) is 1. The minimum absolute atomic E-state index is 0.851. The molecule has 0 amide bonds. The maximum absolute atomic E-state index is 4.67. The molecule has 3 heterocycles. The summed E-state index contributed by atoms with van der Waals surface area (Å²) in [5, 5.41) is 7.11. The predicted molar refractivity (Wildman–Crippen MR) is 107 cm³/mol. The SMILES string of the molecule is CCCCc1ccc2nc(Nc3nc(-c4cccnc4)cs3)sc2c1. The van der Waals surface area contributed by atoms with E-state index in [4.69, 9.17) is 0 Å². The van der Waals surface area contributed by atoms with Crippen LogP contribution >= 0.6 is 22.7 Å². The van der Waals surface area contributed by atoms with Crippen LogP contribution in [0.5, 0.6) is 0 Å². The second kappa shape index (κ2) is 7.29. The van der Waals surface area contributed by atoms with Gasteiger partial charge in [-0.3, -0.25) is 4.98 Å². The lowest BCUT2D eigenvalue weighted by Crippen LogP contribution is -1.88. The van der Waals surface area contributed by atoms with Crippen molar-refractivity contribution in [1.82, 2.24) is 15.0 Å². The summed E-state index contributed by atoms with van der Waals surface area (Å²) in [4.78, 5) is 13.5.